The summed E-state index contributed by atoms with van der Waals surface area (Å²) >= 11 is 0. The van der Waals surface area contributed by atoms with Gasteiger partial charge in [-0.1, -0.05) is 12.1 Å². The SMILES string of the molecule is O=C(O)N1Cc2c(-c3cnc4cc(F)ccn34)ccc(Nc3ccc([C@@H]4CCOC4)c(CO)n3)c2C1=O. The summed E-state index contributed by atoms with van der Waals surface area (Å²) < 4.78 is 20.8. The molecule has 1 aromatic carbocycles. The number of carbonyl (C=O) groups excluding carboxylic acids is 1. The number of nitrogens with one attached hydrogen (secondary N) is 1. The van der Waals surface area contributed by atoms with Crippen LogP contribution in [0.25, 0.3) is 16.9 Å². The van der Waals surface area contributed by atoms with E-state index in [-0.39, 0.29) is 24.6 Å². The highest BCUT2D eigenvalue weighted by atomic mass is 19.1. The number of anilines is 2. The van der Waals surface area contributed by atoms with E-state index in [2.05, 4.69) is 15.3 Å². The maximum Gasteiger partial charge on any atom is 0.414 e. The number of ether oxygens (including phenoxy) is 1. The Morgan fingerprint density at radius 2 is 2.11 bits per heavy atom. The van der Waals surface area contributed by atoms with E-state index in [4.69, 9.17) is 4.74 Å². The third-order valence-electron chi connectivity index (χ3n) is 6.86. The molecule has 3 aromatic heterocycles. The summed E-state index contributed by atoms with van der Waals surface area (Å²) in [6, 6.07) is 9.69. The largest absolute Gasteiger partial charge is 0.465 e. The van der Waals surface area contributed by atoms with Crippen molar-refractivity contribution in [1.29, 1.82) is 0 Å². The maximum absolute atomic E-state index is 13.7. The van der Waals surface area contributed by atoms with Gasteiger partial charge < -0.3 is 20.3 Å². The van der Waals surface area contributed by atoms with Gasteiger partial charge in [0.05, 0.1) is 48.6 Å². The molecule has 2 aliphatic heterocycles. The number of aromatic nitrogens is 3. The number of aliphatic hydroxyl groups is 1. The van der Waals surface area contributed by atoms with E-state index in [1.807, 2.05) is 6.07 Å². The van der Waals surface area contributed by atoms with Gasteiger partial charge in [0.25, 0.3) is 5.91 Å². The molecule has 0 saturated carbocycles. The number of rotatable bonds is 5. The highest BCUT2D eigenvalue weighted by Gasteiger charge is 2.37. The van der Waals surface area contributed by atoms with E-state index >= 15 is 0 Å². The molecule has 0 unspecified atom stereocenters. The van der Waals surface area contributed by atoms with Crippen molar-refractivity contribution in [3.63, 3.8) is 0 Å². The zero-order valence-electron chi connectivity index (χ0n) is 19.5. The van der Waals surface area contributed by atoms with Gasteiger partial charge in [0, 0.05) is 30.4 Å². The summed E-state index contributed by atoms with van der Waals surface area (Å²) in [5, 5.41) is 22.7. The van der Waals surface area contributed by atoms with Crippen molar-refractivity contribution >= 4 is 29.2 Å². The molecule has 3 N–H and O–H groups in total. The predicted molar refractivity (Wildman–Crippen MR) is 130 cm³/mol. The van der Waals surface area contributed by atoms with Crippen LogP contribution in [0.15, 0.2) is 48.8 Å². The zero-order chi connectivity index (χ0) is 25.7. The Labute approximate surface area is 210 Å². The van der Waals surface area contributed by atoms with E-state index in [9.17, 15) is 24.2 Å². The Balaban J connectivity index is 1.43. The van der Waals surface area contributed by atoms with Gasteiger partial charge in [-0.3, -0.25) is 9.20 Å². The Kier molecular flexibility index (Phi) is 5.58. The minimum Gasteiger partial charge on any atom is -0.465 e. The van der Waals surface area contributed by atoms with Crippen LogP contribution in [0.5, 0.6) is 0 Å². The quantitative estimate of drug-likeness (QED) is 0.374. The van der Waals surface area contributed by atoms with Gasteiger partial charge in [-0.05, 0) is 35.7 Å². The lowest BCUT2D eigenvalue weighted by Crippen LogP contribution is -2.29. The number of nitrogens with zero attached hydrogens (tertiary/aromatic N) is 4. The molecule has 2 aliphatic rings. The Bertz CT molecular complexity index is 1560. The third-order valence-corrected chi connectivity index (χ3v) is 6.86. The van der Waals surface area contributed by atoms with E-state index in [0.717, 1.165) is 16.9 Å². The fraction of sp³-hybridized carbons (Fsp3) is 0.231. The van der Waals surface area contributed by atoms with Gasteiger partial charge >= 0.3 is 6.09 Å². The topological polar surface area (TPSA) is 129 Å². The lowest BCUT2D eigenvalue weighted by Gasteiger charge is -2.16. The maximum atomic E-state index is 13.7. The monoisotopic (exact) mass is 503 g/mol. The molecule has 1 saturated heterocycles. The van der Waals surface area contributed by atoms with Gasteiger partial charge in [0.1, 0.15) is 17.3 Å². The smallest absolute Gasteiger partial charge is 0.414 e. The highest BCUT2D eigenvalue weighted by Crippen LogP contribution is 2.39. The fourth-order valence-electron chi connectivity index (χ4n) is 5.07. The number of imide groups is 1. The van der Waals surface area contributed by atoms with Crippen LogP contribution in [0.1, 0.15) is 39.5 Å². The number of carbonyl (C=O) groups is 2. The molecule has 11 heteroatoms. The second-order valence-electron chi connectivity index (χ2n) is 8.98. The number of hydrogen-bond acceptors (Lipinski definition) is 7. The summed E-state index contributed by atoms with van der Waals surface area (Å²) in [6.45, 7) is 0.848. The molecule has 2 amide bonds. The van der Waals surface area contributed by atoms with Crippen molar-refractivity contribution in [3.05, 3.63) is 77.0 Å². The van der Waals surface area contributed by atoms with Crippen LogP contribution < -0.4 is 5.32 Å². The predicted octanol–water partition coefficient (Wildman–Crippen LogP) is 3.91. The molecule has 0 radical (unpaired) electrons. The summed E-state index contributed by atoms with van der Waals surface area (Å²) in [7, 11) is 0. The van der Waals surface area contributed by atoms with Crippen molar-refractivity contribution in [1.82, 2.24) is 19.3 Å². The summed E-state index contributed by atoms with van der Waals surface area (Å²) in [4.78, 5) is 34.6. The number of halogens is 1. The molecule has 5 heterocycles. The minimum atomic E-state index is -1.36. The van der Waals surface area contributed by atoms with E-state index < -0.39 is 17.8 Å². The third kappa shape index (κ3) is 3.88. The van der Waals surface area contributed by atoms with E-state index in [1.54, 1.807) is 28.8 Å². The van der Waals surface area contributed by atoms with Crippen LogP contribution in [0.3, 0.4) is 0 Å². The Morgan fingerprint density at radius 1 is 1.24 bits per heavy atom. The number of amides is 2. The van der Waals surface area contributed by atoms with Crippen molar-refractivity contribution in [3.8, 4) is 11.3 Å². The summed E-state index contributed by atoms with van der Waals surface area (Å²) in [5.41, 5.74) is 4.13. The molecule has 0 spiro atoms. The van der Waals surface area contributed by atoms with Crippen LogP contribution in [0.2, 0.25) is 0 Å². The average Bonchev–Trinajstić information content (AvgIpc) is 3.63. The highest BCUT2D eigenvalue weighted by molar-refractivity contribution is 6.11. The second-order valence-corrected chi connectivity index (χ2v) is 8.98. The number of hydrogen-bond donors (Lipinski definition) is 3. The number of fused-ring (bicyclic) bond motifs is 2. The van der Waals surface area contributed by atoms with Gasteiger partial charge in [0.2, 0.25) is 0 Å². The Morgan fingerprint density at radius 3 is 2.86 bits per heavy atom. The summed E-state index contributed by atoms with van der Waals surface area (Å²) in [6.07, 6.45) is 2.59. The number of benzene rings is 1. The number of carboxylic acid groups (broad SMARTS) is 1. The average molecular weight is 503 g/mol. The van der Waals surface area contributed by atoms with Gasteiger partial charge in [0.15, 0.2) is 0 Å². The van der Waals surface area contributed by atoms with Crippen LogP contribution in [0, 0.1) is 5.82 Å². The van der Waals surface area contributed by atoms with Crippen LogP contribution >= 0.6 is 0 Å². The fourth-order valence-corrected chi connectivity index (χ4v) is 5.07. The summed E-state index contributed by atoms with van der Waals surface area (Å²) in [5.74, 6) is -0.512. The molecule has 0 aliphatic carbocycles. The lowest BCUT2D eigenvalue weighted by molar-refractivity contribution is 0.0764. The molecule has 188 valence electrons. The molecular formula is C26H22FN5O5. The van der Waals surface area contributed by atoms with E-state index in [1.165, 1.54) is 18.3 Å². The zero-order valence-corrected chi connectivity index (χ0v) is 19.5. The second kappa shape index (κ2) is 8.95. The normalized spacial score (nSPS) is 17.0. The first-order valence-electron chi connectivity index (χ1n) is 11.7. The van der Waals surface area contributed by atoms with Gasteiger partial charge in [-0.25, -0.2) is 24.1 Å². The number of aliphatic hydroxyl groups excluding tert-OH is 1. The standard InChI is InChI=1S/C26H22FN5O5/c27-15-5-7-31-21(10-28-23(31)9-15)17-1-3-19(24-18(17)11-32(25(24)34)26(35)36)29-22-4-2-16(20(12-33)30-22)14-6-8-37-13-14/h1-5,7,9-10,14,33H,6,8,11-13H2,(H,29,30)(H,35,36)/t14-/m1/s1. The first kappa shape index (κ1) is 23.1. The van der Waals surface area contributed by atoms with Crippen molar-refractivity contribution in [2.24, 2.45) is 0 Å². The van der Waals surface area contributed by atoms with Crippen molar-refractivity contribution in [2.45, 2.75) is 25.5 Å². The molecule has 10 nitrogen and oxygen atoms in total. The molecular weight excluding hydrogens is 481 g/mol. The number of pyridine rings is 2. The van der Waals surface area contributed by atoms with Gasteiger partial charge in [-0.15, -0.1) is 0 Å². The molecule has 1 fully saturated rings. The van der Waals surface area contributed by atoms with Crippen LogP contribution in [-0.4, -0.2) is 54.7 Å². The van der Waals surface area contributed by atoms with E-state index in [0.29, 0.717) is 52.9 Å². The number of imidazole rings is 1. The molecule has 37 heavy (non-hydrogen) atoms. The first-order valence-corrected chi connectivity index (χ1v) is 11.7. The van der Waals surface area contributed by atoms with Crippen molar-refractivity contribution in [2.75, 3.05) is 18.5 Å². The first-order chi connectivity index (χ1) is 17.9. The Hall–Kier alpha value is -4.35. The molecule has 0 bridgehead atoms. The molecule has 4 aromatic rings. The molecule has 6 rings (SSSR count). The van der Waals surface area contributed by atoms with Crippen LogP contribution in [0.4, 0.5) is 20.7 Å². The van der Waals surface area contributed by atoms with Crippen molar-refractivity contribution < 1.29 is 28.9 Å². The lowest BCUT2D eigenvalue weighted by atomic mass is 9.97. The van der Waals surface area contributed by atoms with Gasteiger partial charge in [-0.2, -0.15) is 0 Å². The van der Waals surface area contributed by atoms with Crippen LogP contribution in [-0.2, 0) is 17.9 Å². The molecule has 1 atom stereocenters. The minimum absolute atomic E-state index is 0.140.